The van der Waals surface area contributed by atoms with Crippen molar-refractivity contribution in [2.45, 2.75) is 6.92 Å². The van der Waals surface area contributed by atoms with Gasteiger partial charge in [-0.2, -0.15) is 5.10 Å². The number of para-hydroxylation sites is 2. The Kier molecular flexibility index (Phi) is 6.86. The zero-order valence-electron chi connectivity index (χ0n) is 16.3. The van der Waals surface area contributed by atoms with E-state index < -0.39 is 0 Å². The fourth-order valence-electron chi connectivity index (χ4n) is 2.95. The van der Waals surface area contributed by atoms with Gasteiger partial charge in [-0.05, 0) is 36.8 Å². The number of morpholine rings is 1. The number of rotatable bonds is 7. The van der Waals surface area contributed by atoms with Crippen LogP contribution in [0.25, 0.3) is 0 Å². The van der Waals surface area contributed by atoms with Crippen molar-refractivity contribution >= 4 is 23.0 Å². The molecular formula is C21H26N4O3. The molecule has 1 amide bonds. The molecule has 2 aromatic rings. The van der Waals surface area contributed by atoms with Gasteiger partial charge in [-0.3, -0.25) is 4.79 Å². The van der Waals surface area contributed by atoms with Crippen LogP contribution in [-0.2, 0) is 9.53 Å². The number of amides is 1. The molecule has 0 aliphatic carbocycles. The molecule has 0 unspecified atom stereocenters. The summed E-state index contributed by atoms with van der Waals surface area (Å²) in [5.74, 6) is 0.463. The number of benzene rings is 2. The van der Waals surface area contributed by atoms with Gasteiger partial charge in [-0.15, -0.1) is 0 Å². The lowest BCUT2D eigenvalue weighted by molar-refractivity contribution is -0.119. The maximum atomic E-state index is 12.1. The molecule has 0 atom stereocenters. The number of carbonyl (C=O) groups excluding carboxylic acids is 1. The molecule has 0 radical (unpaired) electrons. The summed E-state index contributed by atoms with van der Waals surface area (Å²) in [5.41, 5.74) is 6.24. The van der Waals surface area contributed by atoms with Crippen LogP contribution in [0.1, 0.15) is 12.5 Å². The van der Waals surface area contributed by atoms with Gasteiger partial charge in [0.05, 0.1) is 38.3 Å². The van der Waals surface area contributed by atoms with Crippen LogP contribution < -0.4 is 20.4 Å². The Hall–Kier alpha value is -3.06. The fourth-order valence-corrected chi connectivity index (χ4v) is 2.95. The quantitative estimate of drug-likeness (QED) is 0.568. The highest BCUT2D eigenvalue weighted by atomic mass is 16.5. The Labute approximate surface area is 165 Å². The topological polar surface area (TPSA) is 75.2 Å². The summed E-state index contributed by atoms with van der Waals surface area (Å²) in [6, 6.07) is 15.6. The van der Waals surface area contributed by atoms with Crippen molar-refractivity contribution in [1.82, 2.24) is 5.43 Å². The summed E-state index contributed by atoms with van der Waals surface area (Å²) >= 11 is 0. The molecule has 7 nitrogen and oxygen atoms in total. The third-order valence-electron chi connectivity index (χ3n) is 4.56. The van der Waals surface area contributed by atoms with Gasteiger partial charge < -0.3 is 19.7 Å². The van der Waals surface area contributed by atoms with E-state index >= 15 is 0 Å². The maximum absolute atomic E-state index is 12.1. The number of nitrogens with one attached hydrogen (secondary N) is 2. The number of anilines is 2. The third kappa shape index (κ3) is 5.23. The Balaban J connectivity index is 1.52. The van der Waals surface area contributed by atoms with E-state index in [2.05, 4.69) is 32.9 Å². The van der Waals surface area contributed by atoms with Crippen LogP contribution >= 0.6 is 0 Å². The van der Waals surface area contributed by atoms with Crippen molar-refractivity contribution in [3.05, 3.63) is 54.1 Å². The van der Waals surface area contributed by atoms with Gasteiger partial charge in [-0.25, -0.2) is 5.43 Å². The van der Waals surface area contributed by atoms with Gasteiger partial charge in [0, 0.05) is 18.8 Å². The molecule has 2 N–H and O–H groups in total. The predicted octanol–water partition coefficient (Wildman–Crippen LogP) is 2.48. The first-order valence-electron chi connectivity index (χ1n) is 9.30. The zero-order chi connectivity index (χ0) is 19.8. The Bertz CT molecular complexity index is 815. The number of hydrazone groups is 1. The van der Waals surface area contributed by atoms with E-state index in [1.807, 2.05) is 43.3 Å². The molecule has 148 valence electrons. The number of nitrogens with zero attached hydrogens (tertiary/aromatic N) is 2. The third-order valence-corrected chi connectivity index (χ3v) is 4.56. The number of hydrogen-bond acceptors (Lipinski definition) is 6. The van der Waals surface area contributed by atoms with Gasteiger partial charge in [-0.1, -0.05) is 24.3 Å². The predicted molar refractivity (Wildman–Crippen MR) is 111 cm³/mol. The van der Waals surface area contributed by atoms with Crippen molar-refractivity contribution in [2.75, 3.05) is 50.2 Å². The molecule has 0 bridgehead atoms. The highest BCUT2D eigenvalue weighted by Gasteiger charge is 2.11. The minimum atomic E-state index is -0.227. The van der Waals surface area contributed by atoms with Crippen LogP contribution in [0.5, 0.6) is 5.75 Å². The molecule has 2 aromatic carbocycles. The van der Waals surface area contributed by atoms with Crippen molar-refractivity contribution < 1.29 is 14.3 Å². The Morgan fingerprint density at radius 3 is 2.57 bits per heavy atom. The van der Waals surface area contributed by atoms with Gasteiger partial charge in [0.2, 0.25) is 0 Å². The van der Waals surface area contributed by atoms with E-state index in [1.54, 1.807) is 7.11 Å². The van der Waals surface area contributed by atoms with Crippen LogP contribution in [0.2, 0.25) is 0 Å². The normalized spacial score (nSPS) is 14.5. The van der Waals surface area contributed by atoms with Crippen molar-refractivity contribution in [1.29, 1.82) is 0 Å². The van der Waals surface area contributed by atoms with E-state index in [9.17, 15) is 4.79 Å². The summed E-state index contributed by atoms with van der Waals surface area (Å²) in [6.45, 7) is 5.31. The second kappa shape index (κ2) is 9.75. The smallest absolute Gasteiger partial charge is 0.259 e. The van der Waals surface area contributed by atoms with Gasteiger partial charge in [0.15, 0.2) is 0 Å². The average molecular weight is 382 g/mol. The standard InChI is InChI=1S/C21H26N4O3/c1-16(17-7-9-18(10-8-17)25-11-13-28-14-12-25)23-24-21(26)15-22-19-5-3-4-6-20(19)27-2/h3-10,22H,11-15H2,1-2H3,(H,24,26)/b23-16+. The molecule has 1 aliphatic heterocycles. The number of carbonyl (C=O) groups is 1. The molecule has 0 saturated carbocycles. The van der Waals surface area contributed by atoms with Gasteiger partial charge >= 0.3 is 0 Å². The summed E-state index contributed by atoms with van der Waals surface area (Å²) in [7, 11) is 1.60. The number of methoxy groups -OCH3 is 1. The summed E-state index contributed by atoms with van der Waals surface area (Å²) in [5, 5.41) is 7.25. The summed E-state index contributed by atoms with van der Waals surface area (Å²) in [6.07, 6.45) is 0. The highest BCUT2D eigenvalue weighted by molar-refractivity contribution is 5.99. The first-order valence-corrected chi connectivity index (χ1v) is 9.30. The van der Waals surface area contributed by atoms with E-state index in [4.69, 9.17) is 9.47 Å². The fraction of sp³-hybridized carbons (Fsp3) is 0.333. The lowest BCUT2D eigenvalue weighted by Crippen LogP contribution is -2.36. The maximum Gasteiger partial charge on any atom is 0.259 e. The van der Waals surface area contributed by atoms with Crippen molar-refractivity contribution in [2.24, 2.45) is 5.10 Å². The van der Waals surface area contributed by atoms with E-state index in [-0.39, 0.29) is 12.5 Å². The van der Waals surface area contributed by atoms with Crippen LogP contribution in [0.3, 0.4) is 0 Å². The largest absolute Gasteiger partial charge is 0.495 e. The lowest BCUT2D eigenvalue weighted by Gasteiger charge is -2.28. The highest BCUT2D eigenvalue weighted by Crippen LogP contribution is 2.22. The average Bonchev–Trinajstić information content (AvgIpc) is 2.77. The minimum Gasteiger partial charge on any atom is -0.495 e. The molecule has 28 heavy (non-hydrogen) atoms. The molecule has 0 spiro atoms. The summed E-state index contributed by atoms with van der Waals surface area (Å²) < 4.78 is 10.6. The number of hydrogen-bond donors (Lipinski definition) is 2. The SMILES string of the molecule is COc1ccccc1NCC(=O)N/N=C(\C)c1ccc(N2CCOCC2)cc1. The molecule has 7 heteroatoms. The molecule has 1 aliphatic rings. The van der Waals surface area contributed by atoms with Crippen LogP contribution in [0.15, 0.2) is 53.6 Å². The van der Waals surface area contributed by atoms with Gasteiger partial charge in [0.25, 0.3) is 5.91 Å². The van der Waals surface area contributed by atoms with Gasteiger partial charge in [0.1, 0.15) is 5.75 Å². The minimum absolute atomic E-state index is 0.104. The summed E-state index contributed by atoms with van der Waals surface area (Å²) in [4.78, 5) is 14.4. The van der Waals surface area contributed by atoms with Crippen LogP contribution in [-0.4, -0.2) is 51.6 Å². The molecule has 0 aromatic heterocycles. The molecule has 1 fully saturated rings. The van der Waals surface area contributed by atoms with Crippen LogP contribution in [0, 0.1) is 0 Å². The molecule has 1 saturated heterocycles. The van der Waals surface area contributed by atoms with E-state index in [1.165, 1.54) is 5.69 Å². The second-order valence-corrected chi connectivity index (χ2v) is 6.43. The first kappa shape index (κ1) is 19.7. The number of ether oxygens (including phenoxy) is 2. The van der Waals surface area contributed by atoms with Crippen molar-refractivity contribution in [3.63, 3.8) is 0 Å². The Morgan fingerprint density at radius 2 is 1.86 bits per heavy atom. The molecular weight excluding hydrogens is 356 g/mol. The zero-order valence-corrected chi connectivity index (χ0v) is 16.3. The molecule has 1 heterocycles. The lowest BCUT2D eigenvalue weighted by atomic mass is 10.1. The van der Waals surface area contributed by atoms with Crippen LogP contribution in [0.4, 0.5) is 11.4 Å². The second-order valence-electron chi connectivity index (χ2n) is 6.43. The monoisotopic (exact) mass is 382 g/mol. The Morgan fingerprint density at radius 1 is 1.14 bits per heavy atom. The van der Waals surface area contributed by atoms with Crippen molar-refractivity contribution in [3.8, 4) is 5.75 Å². The van der Waals surface area contributed by atoms with E-state index in [0.29, 0.717) is 5.75 Å². The first-order chi connectivity index (χ1) is 13.7. The molecule has 3 rings (SSSR count). The van der Waals surface area contributed by atoms with E-state index in [0.717, 1.165) is 43.3 Å².